The van der Waals surface area contributed by atoms with Gasteiger partial charge in [-0.05, 0) is 73.7 Å². The summed E-state index contributed by atoms with van der Waals surface area (Å²) in [5.74, 6) is 1.46. The van der Waals surface area contributed by atoms with Crippen molar-refractivity contribution >= 4 is 23.1 Å². The zero-order chi connectivity index (χ0) is 30.4. The molecule has 6 heteroatoms. The number of Topliss-reactive ketones (excluding diaryl/α,β-unsaturated/α-hetero) is 1. The van der Waals surface area contributed by atoms with Gasteiger partial charge in [-0.3, -0.25) is 9.59 Å². The number of nitrogens with one attached hydrogen (secondary N) is 1. The van der Waals surface area contributed by atoms with Crippen LogP contribution in [0.2, 0.25) is 0 Å². The maximum Gasteiger partial charge on any atom is 0.227 e. The SMILES string of the molecule is CC(=O)c1nc(-c2ccccc2)oc1-c1ccc(NC(=O)CCC2CCCC2)cc1.CCCN(CCC)c1ccccc1. The van der Waals surface area contributed by atoms with Crippen LogP contribution >= 0.6 is 0 Å². The number of oxazole rings is 1. The van der Waals surface area contributed by atoms with Gasteiger partial charge in [-0.15, -0.1) is 0 Å². The van der Waals surface area contributed by atoms with Crippen LogP contribution in [0.5, 0.6) is 0 Å². The molecule has 1 aromatic heterocycles. The van der Waals surface area contributed by atoms with Gasteiger partial charge in [-0.25, -0.2) is 4.98 Å². The van der Waals surface area contributed by atoms with Crippen LogP contribution in [0.3, 0.4) is 0 Å². The summed E-state index contributed by atoms with van der Waals surface area (Å²) >= 11 is 0. The van der Waals surface area contributed by atoms with E-state index >= 15 is 0 Å². The molecule has 43 heavy (non-hydrogen) atoms. The average molecular weight is 580 g/mol. The molecule has 0 bridgehead atoms. The summed E-state index contributed by atoms with van der Waals surface area (Å²) in [4.78, 5) is 31.2. The van der Waals surface area contributed by atoms with E-state index in [1.165, 1.54) is 51.1 Å². The summed E-state index contributed by atoms with van der Waals surface area (Å²) < 4.78 is 5.95. The number of anilines is 2. The van der Waals surface area contributed by atoms with Crippen LogP contribution in [0.1, 0.15) is 82.6 Å². The lowest BCUT2D eigenvalue weighted by atomic mass is 10.0. The largest absolute Gasteiger partial charge is 0.435 e. The minimum absolute atomic E-state index is 0.0464. The van der Waals surface area contributed by atoms with Crippen molar-refractivity contribution in [3.8, 4) is 22.8 Å². The van der Waals surface area contributed by atoms with Crippen molar-refractivity contribution in [1.82, 2.24) is 4.98 Å². The second-order valence-electron chi connectivity index (χ2n) is 11.3. The Morgan fingerprint density at radius 3 is 2.02 bits per heavy atom. The molecule has 1 fully saturated rings. The summed E-state index contributed by atoms with van der Waals surface area (Å²) in [5, 5.41) is 2.96. The van der Waals surface area contributed by atoms with Gasteiger partial charge in [0, 0.05) is 48.9 Å². The predicted molar refractivity (Wildman–Crippen MR) is 176 cm³/mol. The number of aromatic nitrogens is 1. The highest BCUT2D eigenvalue weighted by Gasteiger charge is 2.20. The van der Waals surface area contributed by atoms with Gasteiger partial charge in [0.05, 0.1) is 0 Å². The molecule has 1 aliphatic rings. The van der Waals surface area contributed by atoms with Crippen molar-refractivity contribution in [2.75, 3.05) is 23.3 Å². The molecule has 0 unspecified atom stereocenters. The second kappa shape index (κ2) is 16.4. The fourth-order valence-electron chi connectivity index (χ4n) is 5.57. The molecule has 0 aliphatic heterocycles. The average Bonchev–Trinajstić information content (AvgIpc) is 3.73. The lowest BCUT2D eigenvalue weighted by Gasteiger charge is -2.23. The molecule has 0 radical (unpaired) electrons. The second-order valence-corrected chi connectivity index (χ2v) is 11.3. The first-order valence-electron chi connectivity index (χ1n) is 15.8. The van der Waals surface area contributed by atoms with E-state index in [0.29, 0.717) is 29.7 Å². The highest BCUT2D eigenvalue weighted by Crippen LogP contribution is 2.31. The van der Waals surface area contributed by atoms with Gasteiger partial charge in [0.25, 0.3) is 0 Å². The molecule has 1 heterocycles. The third-order valence-corrected chi connectivity index (χ3v) is 7.78. The number of carbonyl (C=O) groups is 2. The van der Waals surface area contributed by atoms with Crippen LogP contribution in [0, 0.1) is 5.92 Å². The van der Waals surface area contributed by atoms with E-state index < -0.39 is 0 Å². The minimum Gasteiger partial charge on any atom is -0.435 e. The summed E-state index contributed by atoms with van der Waals surface area (Å²) in [6, 6.07) is 27.5. The summed E-state index contributed by atoms with van der Waals surface area (Å²) in [6.07, 6.45) is 9.05. The Kier molecular flexibility index (Phi) is 12.1. The molecule has 6 nitrogen and oxygen atoms in total. The highest BCUT2D eigenvalue weighted by atomic mass is 16.4. The molecular formula is C37H45N3O3. The van der Waals surface area contributed by atoms with Gasteiger partial charge in [-0.1, -0.05) is 75.9 Å². The van der Waals surface area contributed by atoms with Gasteiger partial charge in [0.15, 0.2) is 17.2 Å². The number of para-hydroxylation sites is 1. The smallest absolute Gasteiger partial charge is 0.227 e. The third kappa shape index (κ3) is 9.40. The number of benzene rings is 3. The number of carbonyl (C=O) groups excluding carboxylic acids is 2. The minimum atomic E-state index is -0.153. The monoisotopic (exact) mass is 579 g/mol. The van der Waals surface area contributed by atoms with Crippen molar-refractivity contribution in [3.63, 3.8) is 0 Å². The normalized spacial score (nSPS) is 12.8. The number of nitrogens with zero attached hydrogens (tertiary/aromatic N) is 2. The molecule has 0 atom stereocenters. The Morgan fingerprint density at radius 1 is 0.837 bits per heavy atom. The molecule has 1 N–H and O–H groups in total. The van der Waals surface area contributed by atoms with Crippen LogP contribution < -0.4 is 10.2 Å². The number of hydrogen-bond acceptors (Lipinski definition) is 5. The summed E-state index contributed by atoms with van der Waals surface area (Å²) in [6.45, 7) is 8.27. The fraction of sp³-hybridized carbons (Fsp3) is 0.378. The van der Waals surface area contributed by atoms with E-state index in [-0.39, 0.29) is 11.7 Å². The van der Waals surface area contributed by atoms with Crippen molar-refractivity contribution in [1.29, 1.82) is 0 Å². The molecule has 1 aliphatic carbocycles. The predicted octanol–water partition coefficient (Wildman–Crippen LogP) is 9.43. The van der Waals surface area contributed by atoms with Crippen LogP contribution in [-0.4, -0.2) is 29.8 Å². The topological polar surface area (TPSA) is 75.4 Å². The fourth-order valence-corrected chi connectivity index (χ4v) is 5.57. The van der Waals surface area contributed by atoms with E-state index in [0.717, 1.165) is 36.3 Å². The Hall–Kier alpha value is -4.19. The number of hydrogen-bond donors (Lipinski definition) is 1. The Bertz CT molecular complexity index is 1400. The number of amides is 1. The van der Waals surface area contributed by atoms with Crippen molar-refractivity contribution < 1.29 is 14.0 Å². The molecule has 4 aromatic rings. The van der Waals surface area contributed by atoms with E-state index in [1.54, 1.807) is 0 Å². The van der Waals surface area contributed by atoms with Crippen LogP contribution in [0.25, 0.3) is 22.8 Å². The van der Waals surface area contributed by atoms with Gasteiger partial charge >= 0.3 is 0 Å². The van der Waals surface area contributed by atoms with Gasteiger partial charge in [-0.2, -0.15) is 0 Å². The molecule has 0 spiro atoms. The first-order valence-corrected chi connectivity index (χ1v) is 15.8. The molecular weight excluding hydrogens is 534 g/mol. The van der Waals surface area contributed by atoms with Crippen molar-refractivity contribution in [3.05, 3.63) is 90.6 Å². The number of ketones is 1. The third-order valence-electron chi connectivity index (χ3n) is 7.78. The maximum absolute atomic E-state index is 12.2. The van der Waals surface area contributed by atoms with E-state index in [2.05, 4.69) is 59.4 Å². The molecule has 5 rings (SSSR count). The summed E-state index contributed by atoms with van der Waals surface area (Å²) in [7, 11) is 0. The Balaban J connectivity index is 0.000000273. The zero-order valence-corrected chi connectivity index (χ0v) is 25.9. The van der Waals surface area contributed by atoms with E-state index in [4.69, 9.17) is 4.42 Å². The standard InChI is InChI=1S/C25H26N2O3.C12H19N/c1-17(28)23-24(30-25(27-23)20-9-3-2-4-10-20)19-12-14-21(15-13-19)26-22(29)16-11-18-7-5-6-8-18;1-3-10-13(11-4-2)12-8-6-5-7-9-12/h2-4,9-10,12-15,18H,5-8,11,16H2,1H3,(H,26,29);5-9H,3-4,10-11H2,1-2H3. The van der Waals surface area contributed by atoms with Gasteiger partial charge in [0.2, 0.25) is 11.8 Å². The molecule has 3 aromatic carbocycles. The Morgan fingerprint density at radius 2 is 1.44 bits per heavy atom. The molecule has 0 saturated heterocycles. The first-order chi connectivity index (χ1) is 21.0. The first kappa shape index (κ1) is 31.7. The Labute approximate surface area is 256 Å². The van der Waals surface area contributed by atoms with Crippen molar-refractivity contribution in [2.24, 2.45) is 5.92 Å². The van der Waals surface area contributed by atoms with E-state index in [1.807, 2.05) is 54.6 Å². The van der Waals surface area contributed by atoms with Crippen LogP contribution in [0.4, 0.5) is 11.4 Å². The summed E-state index contributed by atoms with van der Waals surface area (Å²) in [5.41, 5.74) is 3.96. The highest BCUT2D eigenvalue weighted by molar-refractivity contribution is 5.98. The quantitative estimate of drug-likeness (QED) is 0.169. The number of rotatable bonds is 12. The zero-order valence-electron chi connectivity index (χ0n) is 25.9. The van der Waals surface area contributed by atoms with E-state index in [9.17, 15) is 9.59 Å². The van der Waals surface area contributed by atoms with Crippen LogP contribution in [0.15, 0.2) is 89.3 Å². The maximum atomic E-state index is 12.2. The lowest BCUT2D eigenvalue weighted by Crippen LogP contribution is -2.24. The van der Waals surface area contributed by atoms with Gasteiger partial charge in [0.1, 0.15) is 0 Å². The van der Waals surface area contributed by atoms with Crippen LogP contribution in [-0.2, 0) is 4.79 Å². The lowest BCUT2D eigenvalue weighted by molar-refractivity contribution is -0.116. The molecule has 1 saturated carbocycles. The molecule has 1 amide bonds. The van der Waals surface area contributed by atoms with Gasteiger partial charge < -0.3 is 14.6 Å². The van der Waals surface area contributed by atoms with Crippen molar-refractivity contribution in [2.45, 2.75) is 72.1 Å². The molecule has 226 valence electrons.